The molecule has 2 atom stereocenters. The van der Waals surface area contributed by atoms with Gasteiger partial charge in [0.1, 0.15) is 0 Å². The minimum Gasteiger partial charge on any atom is -0.310 e. The average molecular weight is 288 g/mol. The van der Waals surface area contributed by atoms with Crippen molar-refractivity contribution in [1.29, 1.82) is 0 Å². The molecule has 1 aliphatic carbocycles. The van der Waals surface area contributed by atoms with Crippen LogP contribution in [0.2, 0.25) is 0 Å². The van der Waals surface area contributed by atoms with E-state index in [0.29, 0.717) is 6.04 Å². The average Bonchev–Trinajstić information content (AvgIpc) is 2.46. The Morgan fingerprint density at radius 2 is 1.81 bits per heavy atom. The molecule has 2 rings (SSSR count). The normalized spacial score (nSPS) is 23.0. The Balaban J connectivity index is 2.01. The van der Waals surface area contributed by atoms with E-state index >= 15 is 0 Å². The van der Waals surface area contributed by atoms with Crippen molar-refractivity contribution in [3.8, 4) is 0 Å². The highest BCUT2D eigenvalue weighted by molar-refractivity contribution is 5.27. The summed E-state index contributed by atoms with van der Waals surface area (Å²) >= 11 is 0. The van der Waals surface area contributed by atoms with Gasteiger partial charge in [-0.1, -0.05) is 57.9 Å². The second-order valence-electron chi connectivity index (χ2n) is 7.05. The summed E-state index contributed by atoms with van der Waals surface area (Å²) in [5.41, 5.74) is 2.92. The van der Waals surface area contributed by atoms with Crippen molar-refractivity contribution in [2.24, 2.45) is 5.92 Å². The lowest BCUT2D eigenvalue weighted by Gasteiger charge is -2.36. The largest absolute Gasteiger partial charge is 0.310 e. The first kappa shape index (κ1) is 16.5. The van der Waals surface area contributed by atoms with E-state index in [1.807, 2.05) is 0 Å². The van der Waals surface area contributed by atoms with Gasteiger partial charge in [-0.2, -0.15) is 0 Å². The first-order chi connectivity index (χ1) is 10.1. The van der Waals surface area contributed by atoms with Gasteiger partial charge in [0.05, 0.1) is 0 Å². The molecule has 1 aliphatic rings. The van der Waals surface area contributed by atoms with Crippen LogP contribution in [0.3, 0.4) is 0 Å². The van der Waals surface area contributed by atoms with E-state index in [1.165, 1.54) is 36.8 Å². The van der Waals surface area contributed by atoms with Gasteiger partial charge in [-0.15, -0.1) is 0 Å². The Bertz CT molecular complexity index is 427. The molecule has 0 heterocycles. The Morgan fingerprint density at radius 3 is 2.48 bits per heavy atom. The third-order valence-electron chi connectivity index (χ3n) is 4.87. The van der Waals surface area contributed by atoms with Gasteiger partial charge < -0.3 is 5.32 Å². The van der Waals surface area contributed by atoms with Gasteiger partial charge in [0.15, 0.2) is 0 Å². The molecule has 0 bridgehead atoms. The van der Waals surface area contributed by atoms with E-state index in [4.69, 9.17) is 0 Å². The van der Waals surface area contributed by atoms with Crippen LogP contribution in [0.1, 0.15) is 57.6 Å². The fourth-order valence-corrected chi connectivity index (χ4v) is 3.54. The number of rotatable bonds is 6. The monoisotopic (exact) mass is 288 g/mol. The molecule has 0 spiro atoms. The minimum atomic E-state index is 0.536. The summed E-state index contributed by atoms with van der Waals surface area (Å²) in [7, 11) is 2.30. The zero-order chi connectivity index (χ0) is 15.2. The molecule has 1 aromatic rings. The third kappa shape index (κ3) is 4.82. The second kappa shape index (κ2) is 7.95. The van der Waals surface area contributed by atoms with Crippen LogP contribution in [-0.2, 0) is 13.1 Å². The SMILES string of the molecule is CC(C)NCc1ccccc1CN(C)C1CCCCC1C. The van der Waals surface area contributed by atoms with Crippen LogP contribution in [0.25, 0.3) is 0 Å². The summed E-state index contributed by atoms with van der Waals surface area (Å²) in [6, 6.07) is 10.2. The molecule has 2 heteroatoms. The van der Waals surface area contributed by atoms with Crippen LogP contribution in [0.5, 0.6) is 0 Å². The van der Waals surface area contributed by atoms with Crippen LogP contribution in [0, 0.1) is 5.92 Å². The van der Waals surface area contributed by atoms with Crippen LogP contribution in [0.15, 0.2) is 24.3 Å². The second-order valence-corrected chi connectivity index (χ2v) is 7.05. The molecular weight excluding hydrogens is 256 g/mol. The van der Waals surface area contributed by atoms with Crippen LogP contribution < -0.4 is 5.32 Å². The van der Waals surface area contributed by atoms with Gasteiger partial charge >= 0.3 is 0 Å². The fraction of sp³-hybridized carbons (Fsp3) is 0.684. The van der Waals surface area contributed by atoms with Crippen molar-refractivity contribution in [1.82, 2.24) is 10.2 Å². The molecule has 0 radical (unpaired) electrons. The predicted octanol–water partition coefficient (Wildman–Crippen LogP) is 4.20. The summed E-state index contributed by atoms with van der Waals surface area (Å²) in [6.45, 7) is 8.89. The summed E-state index contributed by atoms with van der Waals surface area (Å²) in [5.74, 6) is 0.838. The van der Waals surface area contributed by atoms with Crippen LogP contribution >= 0.6 is 0 Å². The molecule has 21 heavy (non-hydrogen) atoms. The van der Waals surface area contributed by atoms with E-state index < -0.39 is 0 Å². The maximum Gasteiger partial charge on any atom is 0.0236 e. The van der Waals surface area contributed by atoms with Gasteiger partial charge in [-0.05, 0) is 36.9 Å². The van der Waals surface area contributed by atoms with E-state index in [2.05, 4.69) is 62.3 Å². The topological polar surface area (TPSA) is 15.3 Å². The molecule has 1 saturated carbocycles. The summed E-state index contributed by atoms with van der Waals surface area (Å²) in [5, 5.41) is 3.55. The van der Waals surface area contributed by atoms with E-state index in [-0.39, 0.29) is 0 Å². The van der Waals surface area contributed by atoms with Crippen LogP contribution in [0.4, 0.5) is 0 Å². The maximum absolute atomic E-state index is 3.55. The molecule has 118 valence electrons. The molecule has 0 aromatic heterocycles. The zero-order valence-corrected chi connectivity index (χ0v) is 14.2. The molecule has 1 N–H and O–H groups in total. The molecule has 0 amide bonds. The minimum absolute atomic E-state index is 0.536. The highest BCUT2D eigenvalue weighted by Gasteiger charge is 2.25. The Morgan fingerprint density at radius 1 is 1.14 bits per heavy atom. The Kier molecular flexibility index (Phi) is 6.25. The summed E-state index contributed by atoms with van der Waals surface area (Å²) < 4.78 is 0. The standard InChI is InChI=1S/C19H32N2/c1-15(2)20-13-17-10-6-7-11-18(17)14-21(4)19-12-8-5-9-16(19)3/h6-7,10-11,15-16,19-20H,5,8-9,12-14H2,1-4H3. The first-order valence-electron chi connectivity index (χ1n) is 8.58. The number of benzene rings is 1. The fourth-order valence-electron chi connectivity index (χ4n) is 3.54. The molecule has 2 nitrogen and oxygen atoms in total. The van der Waals surface area contributed by atoms with Crippen molar-refractivity contribution in [2.45, 2.75) is 71.6 Å². The van der Waals surface area contributed by atoms with Crippen molar-refractivity contribution < 1.29 is 0 Å². The quantitative estimate of drug-likeness (QED) is 0.844. The predicted molar refractivity (Wildman–Crippen MR) is 91.3 cm³/mol. The Labute approximate surface area is 130 Å². The smallest absolute Gasteiger partial charge is 0.0236 e. The highest BCUT2D eigenvalue weighted by Crippen LogP contribution is 2.28. The van der Waals surface area contributed by atoms with E-state index in [9.17, 15) is 0 Å². The van der Waals surface area contributed by atoms with Crippen molar-refractivity contribution in [3.05, 3.63) is 35.4 Å². The van der Waals surface area contributed by atoms with E-state index in [0.717, 1.165) is 25.0 Å². The highest BCUT2D eigenvalue weighted by atomic mass is 15.1. The number of hydrogen-bond donors (Lipinski definition) is 1. The molecule has 1 fully saturated rings. The van der Waals surface area contributed by atoms with Crippen molar-refractivity contribution >= 4 is 0 Å². The lowest BCUT2D eigenvalue weighted by Crippen LogP contribution is -2.38. The number of nitrogens with zero attached hydrogens (tertiary/aromatic N) is 1. The molecule has 1 aromatic carbocycles. The first-order valence-corrected chi connectivity index (χ1v) is 8.58. The summed E-state index contributed by atoms with van der Waals surface area (Å²) in [4.78, 5) is 2.58. The van der Waals surface area contributed by atoms with Crippen LogP contribution in [-0.4, -0.2) is 24.0 Å². The molecule has 0 aliphatic heterocycles. The maximum atomic E-state index is 3.55. The van der Waals surface area contributed by atoms with Crippen molar-refractivity contribution in [2.75, 3.05) is 7.05 Å². The lowest BCUT2D eigenvalue weighted by molar-refractivity contribution is 0.133. The molecule has 0 saturated heterocycles. The summed E-state index contributed by atoms with van der Waals surface area (Å²) in [6.07, 6.45) is 5.58. The zero-order valence-electron chi connectivity index (χ0n) is 14.2. The third-order valence-corrected chi connectivity index (χ3v) is 4.87. The van der Waals surface area contributed by atoms with E-state index in [1.54, 1.807) is 0 Å². The number of nitrogens with one attached hydrogen (secondary N) is 1. The van der Waals surface area contributed by atoms with Gasteiger partial charge in [-0.3, -0.25) is 4.90 Å². The molecular formula is C19H32N2. The lowest BCUT2D eigenvalue weighted by atomic mass is 9.85. The Hall–Kier alpha value is -0.860. The molecule has 2 unspecified atom stereocenters. The van der Waals surface area contributed by atoms with Gasteiger partial charge in [-0.25, -0.2) is 0 Å². The number of hydrogen-bond acceptors (Lipinski definition) is 2. The van der Waals surface area contributed by atoms with Gasteiger partial charge in [0, 0.05) is 25.2 Å². The van der Waals surface area contributed by atoms with Crippen molar-refractivity contribution in [3.63, 3.8) is 0 Å². The van der Waals surface area contributed by atoms with Gasteiger partial charge in [0.25, 0.3) is 0 Å². The van der Waals surface area contributed by atoms with Gasteiger partial charge in [0.2, 0.25) is 0 Å².